The average molecular weight is 321 g/mol. The molecule has 1 aromatic rings. The van der Waals surface area contributed by atoms with Gasteiger partial charge in [-0.15, -0.1) is 0 Å². The maximum absolute atomic E-state index is 12.9. The molecule has 0 aliphatic carbocycles. The maximum atomic E-state index is 12.9. The summed E-state index contributed by atoms with van der Waals surface area (Å²) in [6.45, 7) is 3.10. The lowest BCUT2D eigenvalue weighted by molar-refractivity contribution is -0.149. The molecule has 126 valence electrons. The SMILES string of the molecule is CCOC(=O)C1CCCN(C(=O)c2c(OC)cccc2OC)C1. The fourth-order valence-corrected chi connectivity index (χ4v) is 2.83. The Morgan fingerprint density at radius 2 is 1.87 bits per heavy atom. The van der Waals surface area contributed by atoms with Gasteiger partial charge in [0, 0.05) is 13.1 Å². The Bertz CT molecular complexity index is 550. The lowest BCUT2D eigenvalue weighted by Crippen LogP contribution is -2.43. The molecule has 0 bridgehead atoms. The summed E-state index contributed by atoms with van der Waals surface area (Å²) in [4.78, 5) is 26.5. The highest BCUT2D eigenvalue weighted by Crippen LogP contribution is 2.31. The molecule has 6 heteroatoms. The topological polar surface area (TPSA) is 65.1 Å². The number of esters is 1. The second-order valence-electron chi connectivity index (χ2n) is 5.38. The van der Waals surface area contributed by atoms with Gasteiger partial charge in [-0.2, -0.15) is 0 Å². The van der Waals surface area contributed by atoms with Crippen LogP contribution in [0.25, 0.3) is 0 Å². The molecule has 1 saturated heterocycles. The van der Waals surface area contributed by atoms with Crippen LogP contribution in [-0.2, 0) is 9.53 Å². The molecule has 0 aromatic heterocycles. The number of benzene rings is 1. The summed E-state index contributed by atoms with van der Waals surface area (Å²) >= 11 is 0. The van der Waals surface area contributed by atoms with Crippen LogP contribution in [0.5, 0.6) is 11.5 Å². The van der Waals surface area contributed by atoms with Crippen molar-refractivity contribution in [3.63, 3.8) is 0 Å². The Balaban J connectivity index is 2.22. The molecule has 1 heterocycles. The Kier molecular flexibility index (Phi) is 5.84. The molecule has 1 atom stereocenters. The van der Waals surface area contributed by atoms with Crippen LogP contribution in [0.15, 0.2) is 18.2 Å². The normalized spacial score (nSPS) is 17.5. The van der Waals surface area contributed by atoms with Crippen LogP contribution in [-0.4, -0.2) is 50.7 Å². The predicted octanol–water partition coefficient (Wildman–Crippen LogP) is 2.12. The first kappa shape index (κ1) is 17.1. The first-order valence-corrected chi connectivity index (χ1v) is 7.79. The van der Waals surface area contributed by atoms with Gasteiger partial charge in [0.05, 0.1) is 26.7 Å². The minimum atomic E-state index is -0.270. The maximum Gasteiger partial charge on any atom is 0.310 e. The number of amides is 1. The van der Waals surface area contributed by atoms with Gasteiger partial charge in [0.2, 0.25) is 0 Å². The molecule has 6 nitrogen and oxygen atoms in total. The number of likely N-dealkylation sites (tertiary alicyclic amines) is 1. The number of ether oxygens (including phenoxy) is 3. The van der Waals surface area contributed by atoms with Gasteiger partial charge >= 0.3 is 5.97 Å². The molecule has 1 aliphatic heterocycles. The fraction of sp³-hybridized carbons (Fsp3) is 0.529. The van der Waals surface area contributed by atoms with Crippen LogP contribution in [0.1, 0.15) is 30.1 Å². The van der Waals surface area contributed by atoms with Crippen molar-refractivity contribution in [3.05, 3.63) is 23.8 Å². The number of methoxy groups -OCH3 is 2. The van der Waals surface area contributed by atoms with E-state index in [2.05, 4.69) is 0 Å². The van der Waals surface area contributed by atoms with E-state index >= 15 is 0 Å². The van der Waals surface area contributed by atoms with Crippen LogP contribution in [0.3, 0.4) is 0 Å². The fourth-order valence-electron chi connectivity index (χ4n) is 2.83. The first-order chi connectivity index (χ1) is 11.1. The summed E-state index contributed by atoms with van der Waals surface area (Å²) in [7, 11) is 3.03. The third-order valence-electron chi connectivity index (χ3n) is 3.97. The third-order valence-corrected chi connectivity index (χ3v) is 3.97. The number of piperidine rings is 1. The van der Waals surface area contributed by atoms with Crippen LogP contribution in [0.4, 0.5) is 0 Å². The first-order valence-electron chi connectivity index (χ1n) is 7.79. The van der Waals surface area contributed by atoms with E-state index in [1.54, 1.807) is 30.0 Å². The van der Waals surface area contributed by atoms with Crippen molar-refractivity contribution in [2.45, 2.75) is 19.8 Å². The van der Waals surface area contributed by atoms with Gasteiger partial charge in [-0.05, 0) is 31.9 Å². The molecule has 0 spiro atoms. The van der Waals surface area contributed by atoms with Gasteiger partial charge < -0.3 is 19.1 Å². The van der Waals surface area contributed by atoms with Crippen molar-refractivity contribution in [3.8, 4) is 11.5 Å². The highest BCUT2D eigenvalue weighted by atomic mass is 16.5. The summed E-state index contributed by atoms with van der Waals surface area (Å²) in [6.07, 6.45) is 1.51. The number of carbonyl (C=O) groups excluding carboxylic acids is 2. The van der Waals surface area contributed by atoms with Gasteiger partial charge in [0.25, 0.3) is 5.91 Å². The quantitative estimate of drug-likeness (QED) is 0.777. The van der Waals surface area contributed by atoms with E-state index in [1.165, 1.54) is 14.2 Å². The monoisotopic (exact) mass is 321 g/mol. The van der Waals surface area contributed by atoms with E-state index in [1.807, 2.05) is 0 Å². The summed E-state index contributed by atoms with van der Waals surface area (Å²) in [5.74, 6) is 0.235. The number of hydrogen-bond donors (Lipinski definition) is 0. The van der Waals surface area contributed by atoms with Crippen molar-refractivity contribution < 1.29 is 23.8 Å². The standard InChI is InChI=1S/C17H23NO5/c1-4-23-17(20)12-7-6-10-18(11-12)16(19)15-13(21-2)8-5-9-14(15)22-3/h5,8-9,12H,4,6-7,10-11H2,1-3H3. The zero-order chi connectivity index (χ0) is 16.8. The minimum absolute atomic E-state index is 0.187. The lowest BCUT2D eigenvalue weighted by atomic mass is 9.97. The molecule has 1 amide bonds. The number of hydrogen-bond acceptors (Lipinski definition) is 5. The van der Waals surface area contributed by atoms with Crippen LogP contribution >= 0.6 is 0 Å². The molecule has 23 heavy (non-hydrogen) atoms. The molecule has 1 aliphatic rings. The Morgan fingerprint density at radius 1 is 1.22 bits per heavy atom. The van der Waals surface area contributed by atoms with E-state index in [0.29, 0.717) is 36.8 Å². The van der Waals surface area contributed by atoms with Crippen molar-refractivity contribution in [1.29, 1.82) is 0 Å². The summed E-state index contributed by atoms with van der Waals surface area (Å²) in [6, 6.07) is 5.22. The van der Waals surface area contributed by atoms with Crippen LogP contribution in [0, 0.1) is 5.92 Å². The van der Waals surface area contributed by atoms with E-state index in [0.717, 1.165) is 12.8 Å². The van der Waals surface area contributed by atoms with Crippen molar-refractivity contribution in [2.24, 2.45) is 5.92 Å². The van der Waals surface area contributed by atoms with Gasteiger partial charge in [-0.25, -0.2) is 0 Å². The number of rotatable bonds is 5. The van der Waals surface area contributed by atoms with Crippen molar-refractivity contribution in [2.75, 3.05) is 33.9 Å². The lowest BCUT2D eigenvalue weighted by Gasteiger charge is -2.32. The van der Waals surface area contributed by atoms with Crippen LogP contribution < -0.4 is 9.47 Å². The average Bonchev–Trinajstić information content (AvgIpc) is 2.60. The predicted molar refractivity (Wildman–Crippen MR) is 84.8 cm³/mol. The van der Waals surface area contributed by atoms with Gasteiger partial charge in [0.15, 0.2) is 0 Å². The molecular formula is C17H23NO5. The number of carbonyl (C=O) groups is 2. The third kappa shape index (κ3) is 3.75. The molecule has 1 fully saturated rings. The second kappa shape index (κ2) is 7.85. The molecule has 0 saturated carbocycles. The molecule has 0 radical (unpaired) electrons. The molecule has 1 unspecified atom stereocenters. The molecular weight excluding hydrogens is 298 g/mol. The minimum Gasteiger partial charge on any atom is -0.496 e. The van der Waals surface area contributed by atoms with Gasteiger partial charge in [-0.1, -0.05) is 6.07 Å². The van der Waals surface area contributed by atoms with E-state index in [9.17, 15) is 9.59 Å². The van der Waals surface area contributed by atoms with Crippen LogP contribution in [0.2, 0.25) is 0 Å². The zero-order valence-electron chi connectivity index (χ0n) is 13.8. The van der Waals surface area contributed by atoms with E-state index in [-0.39, 0.29) is 17.8 Å². The van der Waals surface area contributed by atoms with Gasteiger partial charge in [0.1, 0.15) is 17.1 Å². The number of nitrogens with zero attached hydrogens (tertiary/aromatic N) is 1. The van der Waals surface area contributed by atoms with E-state index in [4.69, 9.17) is 14.2 Å². The summed E-state index contributed by atoms with van der Waals surface area (Å²) < 4.78 is 15.7. The molecule has 0 N–H and O–H groups in total. The highest BCUT2D eigenvalue weighted by molar-refractivity contribution is 6.00. The van der Waals surface area contributed by atoms with E-state index < -0.39 is 0 Å². The zero-order valence-corrected chi connectivity index (χ0v) is 13.8. The van der Waals surface area contributed by atoms with Crippen molar-refractivity contribution in [1.82, 2.24) is 4.90 Å². The Hall–Kier alpha value is -2.24. The second-order valence-corrected chi connectivity index (χ2v) is 5.38. The Morgan fingerprint density at radius 3 is 2.43 bits per heavy atom. The summed E-state index contributed by atoms with van der Waals surface area (Å²) in [5, 5.41) is 0. The summed E-state index contributed by atoms with van der Waals surface area (Å²) in [5.41, 5.74) is 0.391. The highest BCUT2D eigenvalue weighted by Gasteiger charge is 2.32. The van der Waals surface area contributed by atoms with Crippen molar-refractivity contribution >= 4 is 11.9 Å². The van der Waals surface area contributed by atoms with Gasteiger partial charge in [-0.3, -0.25) is 9.59 Å². The largest absolute Gasteiger partial charge is 0.496 e. The molecule has 2 rings (SSSR count). The smallest absolute Gasteiger partial charge is 0.310 e. The molecule has 1 aromatic carbocycles. The Labute approximate surface area is 136 Å².